The van der Waals surface area contributed by atoms with Gasteiger partial charge in [-0.1, -0.05) is 0 Å². The minimum Gasteiger partial charge on any atom is -0.364 e. The zero-order valence-electron chi connectivity index (χ0n) is 10.3. The van der Waals surface area contributed by atoms with E-state index in [9.17, 15) is 0 Å². The van der Waals surface area contributed by atoms with E-state index < -0.39 is 0 Å². The highest BCUT2D eigenvalue weighted by molar-refractivity contribution is 9.18. The maximum atomic E-state index is 4.63. The molecule has 0 atom stereocenters. The minimum absolute atomic E-state index is 0.817. The number of benzene rings is 1. The molecule has 92 valence electrons. The van der Waals surface area contributed by atoms with Crippen LogP contribution in [-0.2, 0) is 6.42 Å². The maximum absolute atomic E-state index is 4.63. The second-order valence-corrected chi connectivity index (χ2v) is 5.99. The van der Waals surface area contributed by atoms with Gasteiger partial charge in [-0.05, 0) is 87.7 Å². The normalized spacial score (nSPS) is 18.5. The quantitative estimate of drug-likeness (QED) is 0.686. The Hall–Kier alpha value is -0.350. The van der Waals surface area contributed by atoms with Crippen molar-refractivity contribution in [2.24, 2.45) is 4.99 Å². The lowest BCUT2D eigenvalue weighted by Crippen LogP contribution is -2.18. The fourth-order valence-electron chi connectivity index (χ4n) is 2.26. The number of aliphatic imine (C=N–C) groups is 1. The Morgan fingerprint density at radius 3 is 2.47 bits per heavy atom. The van der Waals surface area contributed by atoms with Gasteiger partial charge in [0.15, 0.2) is 4.74 Å². The van der Waals surface area contributed by atoms with Gasteiger partial charge in [0.2, 0.25) is 0 Å². The van der Waals surface area contributed by atoms with Crippen LogP contribution in [0, 0.1) is 20.8 Å². The molecule has 1 heterocycles. The molecule has 2 rings (SSSR count). The number of hydrogen-bond acceptors (Lipinski definition) is 2. The van der Waals surface area contributed by atoms with Crippen molar-refractivity contribution in [1.82, 2.24) is 5.32 Å². The van der Waals surface area contributed by atoms with Crippen LogP contribution in [0.2, 0.25) is 0 Å². The first-order valence-corrected chi connectivity index (χ1v) is 7.37. The van der Waals surface area contributed by atoms with Crippen molar-refractivity contribution in [3.63, 3.8) is 0 Å². The molecule has 2 nitrogen and oxygen atoms in total. The van der Waals surface area contributed by atoms with Crippen molar-refractivity contribution < 1.29 is 0 Å². The van der Waals surface area contributed by atoms with Crippen LogP contribution in [0.1, 0.15) is 28.7 Å². The minimum atomic E-state index is 0.817. The standard InChI is InChI=1S/C13H16Br2N2/c1-7-8(2)11(14)12-9(3)10(7)5-4-6-16-13(15)17-12/h4-6H2,1-3H3,(H,16,17). The first kappa shape index (κ1) is 13.1. The van der Waals surface area contributed by atoms with Crippen LogP contribution in [0.25, 0.3) is 0 Å². The lowest BCUT2D eigenvalue weighted by molar-refractivity contribution is 0.775. The molecule has 1 aromatic rings. The molecule has 0 spiro atoms. The van der Waals surface area contributed by atoms with E-state index in [0.717, 1.165) is 34.3 Å². The van der Waals surface area contributed by atoms with Crippen LogP contribution < -0.4 is 5.32 Å². The molecule has 0 radical (unpaired) electrons. The number of halogens is 2. The summed E-state index contributed by atoms with van der Waals surface area (Å²) in [4.78, 5) is 4.63. The topological polar surface area (TPSA) is 24.4 Å². The third kappa shape index (κ3) is 2.43. The molecule has 0 aromatic heterocycles. The third-order valence-corrected chi connectivity index (χ3v) is 4.87. The molecule has 4 heteroatoms. The fraction of sp³-hybridized carbons (Fsp3) is 0.462. The zero-order chi connectivity index (χ0) is 12.6. The van der Waals surface area contributed by atoms with Gasteiger partial charge in [0, 0.05) is 11.0 Å². The Balaban J connectivity index is 2.74. The molecule has 0 unspecified atom stereocenters. The highest BCUT2D eigenvalue weighted by Gasteiger charge is 2.16. The highest BCUT2D eigenvalue weighted by Crippen LogP contribution is 2.38. The summed E-state index contributed by atoms with van der Waals surface area (Å²) in [6.07, 6.45) is 2.24. The van der Waals surface area contributed by atoms with Crippen LogP contribution in [0.4, 0.5) is 5.69 Å². The maximum Gasteiger partial charge on any atom is 0.170 e. The molecule has 2 bridgehead atoms. The summed E-state index contributed by atoms with van der Waals surface area (Å²) in [6.45, 7) is 7.48. The van der Waals surface area contributed by atoms with Gasteiger partial charge in [-0.3, -0.25) is 0 Å². The molecule has 0 saturated heterocycles. The number of fused-ring (bicyclic) bond motifs is 2. The van der Waals surface area contributed by atoms with Crippen LogP contribution in [0.5, 0.6) is 0 Å². The molecule has 0 aliphatic carbocycles. The molecule has 1 aliphatic heterocycles. The lowest BCUT2D eigenvalue weighted by Gasteiger charge is -2.16. The fourth-order valence-corrected chi connectivity index (χ4v) is 3.32. The van der Waals surface area contributed by atoms with E-state index in [1.54, 1.807) is 0 Å². The number of rotatable bonds is 0. The van der Waals surface area contributed by atoms with Crippen LogP contribution >= 0.6 is 31.9 Å². The van der Waals surface area contributed by atoms with Gasteiger partial charge >= 0.3 is 0 Å². The molecule has 1 aliphatic rings. The molecule has 1 aromatic carbocycles. The van der Waals surface area contributed by atoms with Gasteiger partial charge in [0.1, 0.15) is 0 Å². The Labute approximate surface area is 119 Å². The van der Waals surface area contributed by atoms with E-state index in [1.165, 1.54) is 22.3 Å². The van der Waals surface area contributed by atoms with Gasteiger partial charge in [-0.25, -0.2) is 4.99 Å². The number of amidine groups is 1. The lowest BCUT2D eigenvalue weighted by atomic mass is 9.93. The summed E-state index contributed by atoms with van der Waals surface area (Å²) in [5.74, 6) is 0. The summed E-state index contributed by atoms with van der Waals surface area (Å²) in [7, 11) is 0. The Morgan fingerprint density at radius 2 is 1.76 bits per heavy atom. The van der Waals surface area contributed by atoms with Crippen LogP contribution in [0.3, 0.4) is 0 Å². The summed E-state index contributed by atoms with van der Waals surface area (Å²) < 4.78 is 1.93. The van der Waals surface area contributed by atoms with Crippen molar-refractivity contribution in [3.8, 4) is 0 Å². The monoisotopic (exact) mass is 358 g/mol. The number of hydrogen-bond donors (Lipinski definition) is 1. The predicted molar refractivity (Wildman–Crippen MR) is 80.7 cm³/mol. The van der Waals surface area contributed by atoms with Gasteiger partial charge in [-0.15, -0.1) is 0 Å². The largest absolute Gasteiger partial charge is 0.364 e. The predicted octanol–water partition coefficient (Wildman–Crippen LogP) is 4.29. The van der Waals surface area contributed by atoms with E-state index in [4.69, 9.17) is 0 Å². The molecule has 17 heavy (non-hydrogen) atoms. The molecule has 1 N–H and O–H groups in total. The summed E-state index contributed by atoms with van der Waals surface area (Å²) in [5.41, 5.74) is 6.48. The molecular weight excluding hydrogens is 344 g/mol. The SMILES string of the molecule is Cc1c(C)c2c(C)c(c1Br)/N=C(/Br)NCCC2. The van der Waals surface area contributed by atoms with Crippen molar-refractivity contribution in [2.45, 2.75) is 33.6 Å². The highest BCUT2D eigenvalue weighted by atomic mass is 79.9. The Kier molecular flexibility index (Phi) is 3.93. The van der Waals surface area contributed by atoms with Crippen molar-refractivity contribution in [3.05, 3.63) is 26.7 Å². The number of nitrogens with one attached hydrogen (secondary N) is 1. The van der Waals surface area contributed by atoms with Crippen molar-refractivity contribution >= 4 is 42.3 Å². The van der Waals surface area contributed by atoms with Crippen molar-refractivity contribution in [1.29, 1.82) is 0 Å². The van der Waals surface area contributed by atoms with Gasteiger partial charge < -0.3 is 5.32 Å². The number of nitrogens with zero attached hydrogens (tertiary/aromatic N) is 1. The van der Waals surface area contributed by atoms with E-state index in [-0.39, 0.29) is 0 Å². The van der Waals surface area contributed by atoms with Gasteiger partial charge in [0.05, 0.1) is 5.69 Å². The van der Waals surface area contributed by atoms with Crippen molar-refractivity contribution in [2.75, 3.05) is 6.54 Å². The Bertz CT molecular complexity index is 493. The summed E-state index contributed by atoms with van der Waals surface area (Å²) in [6, 6.07) is 0. The average Bonchev–Trinajstić information content (AvgIpc) is 2.36. The molecular formula is C13H16Br2N2. The van der Waals surface area contributed by atoms with E-state index in [1.807, 2.05) is 0 Å². The van der Waals surface area contributed by atoms with Gasteiger partial charge in [0.25, 0.3) is 0 Å². The van der Waals surface area contributed by atoms with Gasteiger partial charge in [-0.2, -0.15) is 0 Å². The zero-order valence-corrected chi connectivity index (χ0v) is 13.5. The Morgan fingerprint density at radius 1 is 1.06 bits per heavy atom. The average molecular weight is 360 g/mol. The first-order valence-electron chi connectivity index (χ1n) is 5.78. The molecule has 0 fully saturated rings. The van der Waals surface area contributed by atoms with Crippen LogP contribution in [0.15, 0.2) is 9.47 Å². The smallest absolute Gasteiger partial charge is 0.170 e. The molecule has 0 amide bonds. The van der Waals surface area contributed by atoms with E-state index in [0.29, 0.717) is 0 Å². The second-order valence-electron chi connectivity index (χ2n) is 4.45. The van der Waals surface area contributed by atoms with E-state index in [2.05, 4.69) is 62.9 Å². The second kappa shape index (κ2) is 5.11. The van der Waals surface area contributed by atoms with E-state index >= 15 is 0 Å². The third-order valence-electron chi connectivity index (χ3n) is 3.44. The van der Waals surface area contributed by atoms with Crippen LogP contribution in [-0.4, -0.2) is 11.3 Å². The molecule has 0 saturated carbocycles. The summed E-state index contributed by atoms with van der Waals surface area (Å²) in [5, 5.41) is 3.27. The summed E-state index contributed by atoms with van der Waals surface area (Å²) >= 11 is 7.14. The first-order chi connectivity index (χ1) is 8.02.